The van der Waals surface area contributed by atoms with E-state index in [1.165, 1.54) is 30.6 Å². The van der Waals surface area contributed by atoms with Crippen LogP contribution in [0.15, 0.2) is 45.7 Å². The fourth-order valence-corrected chi connectivity index (χ4v) is 5.05. The number of thiazole rings is 1. The van der Waals surface area contributed by atoms with E-state index in [0.717, 1.165) is 10.2 Å². The number of aromatic nitrogens is 1. The van der Waals surface area contributed by atoms with Gasteiger partial charge in [-0.2, -0.15) is 8.42 Å². The average Bonchev–Trinajstić information content (AvgIpc) is 3.22. The highest BCUT2D eigenvalue weighted by atomic mass is 32.2. The summed E-state index contributed by atoms with van der Waals surface area (Å²) >= 11 is 1.30. The quantitative estimate of drug-likeness (QED) is 0.682. The van der Waals surface area contributed by atoms with Gasteiger partial charge in [0.2, 0.25) is 11.6 Å². The summed E-state index contributed by atoms with van der Waals surface area (Å²) in [5.41, 5.74) is 0.866. The largest absolute Gasteiger partial charge is 0.497 e. The van der Waals surface area contributed by atoms with Gasteiger partial charge in [0.25, 0.3) is 10.0 Å². The number of aryl methyl sites for hydroxylation is 1. The highest BCUT2D eigenvalue weighted by Gasteiger charge is 2.19. The molecule has 0 unspecified atom stereocenters. The number of methoxy groups -OCH3 is 1. The lowest BCUT2D eigenvalue weighted by Gasteiger charge is -2.03. The SMILES string of the molecule is CCn1c(=NS(=O)(=O)c2ccc(OC)cc2)sc2cc3c(cc21)OCO3. The van der Waals surface area contributed by atoms with Crippen LogP contribution in [0.2, 0.25) is 0 Å². The second kappa shape index (κ2) is 6.33. The summed E-state index contributed by atoms with van der Waals surface area (Å²) in [6.07, 6.45) is 0. The van der Waals surface area contributed by atoms with Gasteiger partial charge in [0.15, 0.2) is 11.5 Å². The summed E-state index contributed by atoms with van der Waals surface area (Å²) in [6.45, 7) is 2.72. The van der Waals surface area contributed by atoms with E-state index in [0.29, 0.717) is 28.6 Å². The molecule has 0 atom stereocenters. The summed E-state index contributed by atoms with van der Waals surface area (Å²) < 4.78 is 48.0. The first-order valence-electron chi connectivity index (χ1n) is 7.90. The molecule has 1 aliphatic heterocycles. The molecule has 0 aliphatic carbocycles. The van der Waals surface area contributed by atoms with Crippen LogP contribution < -0.4 is 19.0 Å². The van der Waals surface area contributed by atoms with Crippen LogP contribution in [-0.2, 0) is 16.6 Å². The minimum Gasteiger partial charge on any atom is -0.497 e. The molecule has 136 valence electrons. The van der Waals surface area contributed by atoms with Gasteiger partial charge in [-0.25, -0.2) is 0 Å². The minimum atomic E-state index is -3.83. The van der Waals surface area contributed by atoms with Gasteiger partial charge in [-0.3, -0.25) is 0 Å². The first-order chi connectivity index (χ1) is 12.5. The van der Waals surface area contributed by atoms with Gasteiger partial charge < -0.3 is 18.8 Å². The van der Waals surface area contributed by atoms with Gasteiger partial charge in [0.05, 0.1) is 22.2 Å². The van der Waals surface area contributed by atoms with E-state index in [4.69, 9.17) is 14.2 Å². The van der Waals surface area contributed by atoms with Crippen molar-refractivity contribution in [3.63, 3.8) is 0 Å². The van der Waals surface area contributed by atoms with Gasteiger partial charge in [-0.05, 0) is 31.2 Å². The molecule has 0 N–H and O–H groups in total. The molecular formula is C17H16N2O5S2. The molecule has 0 amide bonds. The number of benzene rings is 2. The zero-order valence-electron chi connectivity index (χ0n) is 14.1. The average molecular weight is 392 g/mol. The molecule has 4 rings (SSSR count). The summed E-state index contributed by atoms with van der Waals surface area (Å²) in [6, 6.07) is 9.88. The molecule has 3 aromatic rings. The lowest BCUT2D eigenvalue weighted by Crippen LogP contribution is -2.16. The molecule has 0 fully saturated rings. The Labute approximate surface area is 154 Å². The van der Waals surface area contributed by atoms with Crippen LogP contribution in [-0.4, -0.2) is 26.9 Å². The molecule has 9 heteroatoms. The number of rotatable bonds is 4. The van der Waals surface area contributed by atoms with Crippen molar-refractivity contribution in [2.45, 2.75) is 18.4 Å². The van der Waals surface area contributed by atoms with Gasteiger partial charge in [0.1, 0.15) is 5.75 Å². The number of ether oxygens (including phenoxy) is 3. The Morgan fingerprint density at radius 3 is 2.54 bits per heavy atom. The molecule has 26 heavy (non-hydrogen) atoms. The Morgan fingerprint density at radius 2 is 1.88 bits per heavy atom. The zero-order valence-corrected chi connectivity index (χ0v) is 15.8. The Balaban J connectivity index is 1.86. The van der Waals surface area contributed by atoms with Crippen molar-refractivity contribution >= 4 is 31.6 Å². The van der Waals surface area contributed by atoms with Gasteiger partial charge in [0, 0.05) is 18.7 Å². The molecule has 1 aromatic heterocycles. The Hall–Kier alpha value is -2.52. The normalized spacial score (nSPS) is 14.2. The molecule has 0 saturated heterocycles. The fourth-order valence-electron chi connectivity index (χ4n) is 2.74. The molecule has 7 nitrogen and oxygen atoms in total. The summed E-state index contributed by atoms with van der Waals surface area (Å²) in [5.74, 6) is 1.90. The molecule has 1 aliphatic rings. The van der Waals surface area contributed by atoms with Gasteiger partial charge in [-0.1, -0.05) is 11.3 Å². The van der Waals surface area contributed by atoms with Crippen LogP contribution in [0.4, 0.5) is 0 Å². The standard InChI is InChI=1S/C17H16N2O5S2/c1-3-19-13-8-14-15(24-10-23-14)9-16(13)25-17(19)18-26(20,21)12-6-4-11(22-2)5-7-12/h4-9H,3,10H2,1-2H3. The summed E-state index contributed by atoms with van der Waals surface area (Å²) in [7, 11) is -2.31. The third-order valence-electron chi connectivity index (χ3n) is 4.05. The molecule has 0 radical (unpaired) electrons. The van der Waals surface area contributed by atoms with Crippen molar-refractivity contribution in [3.8, 4) is 17.2 Å². The number of nitrogens with zero attached hydrogens (tertiary/aromatic N) is 2. The van der Waals surface area contributed by atoms with Crippen molar-refractivity contribution in [2.75, 3.05) is 13.9 Å². The van der Waals surface area contributed by atoms with Crippen LogP contribution in [0.25, 0.3) is 10.2 Å². The van der Waals surface area contributed by atoms with E-state index in [2.05, 4.69) is 4.40 Å². The molecule has 2 aromatic carbocycles. The van der Waals surface area contributed by atoms with E-state index >= 15 is 0 Å². The summed E-state index contributed by atoms with van der Waals surface area (Å²) in [5, 5.41) is 0. The maximum atomic E-state index is 12.7. The van der Waals surface area contributed by atoms with E-state index in [9.17, 15) is 8.42 Å². The second-order valence-electron chi connectivity index (χ2n) is 5.54. The Bertz CT molecular complexity index is 1140. The third kappa shape index (κ3) is 2.82. The highest BCUT2D eigenvalue weighted by Crippen LogP contribution is 2.37. The van der Waals surface area contributed by atoms with Gasteiger partial charge in [-0.15, -0.1) is 4.40 Å². The Kier molecular flexibility index (Phi) is 4.12. The van der Waals surface area contributed by atoms with Crippen LogP contribution in [0.5, 0.6) is 17.2 Å². The number of hydrogen-bond donors (Lipinski definition) is 0. The number of fused-ring (bicyclic) bond motifs is 2. The van der Waals surface area contributed by atoms with Crippen molar-refractivity contribution in [3.05, 3.63) is 41.2 Å². The maximum absolute atomic E-state index is 12.7. The van der Waals surface area contributed by atoms with Crippen molar-refractivity contribution in [2.24, 2.45) is 4.40 Å². The number of hydrogen-bond acceptors (Lipinski definition) is 6. The predicted octanol–water partition coefficient (Wildman–Crippen LogP) is 2.75. The van der Waals surface area contributed by atoms with Crippen LogP contribution in [0.1, 0.15) is 6.92 Å². The van der Waals surface area contributed by atoms with Crippen molar-refractivity contribution in [1.29, 1.82) is 0 Å². The Morgan fingerprint density at radius 1 is 1.19 bits per heavy atom. The molecule has 2 heterocycles. The topological polar surface area (TPSA) is 79.1 Å². The second-order valence-corrected chi connectivity index (χ2v) is 8.16. The zero-order chi connectivity index (χ0) is 18.3. The van der Waals surface area contributed by atoms with E-state index < -0.39 is 10.0 Å². The lowest BCUT2D eigenvalue weighted by atomic mass is 10.3. The van der Waals surface area contributed by atoms with Crippen molar-refractivity contribution < 1.29 is 22.6 Å². The lowest BCUT2D eigenvalue weighted by molar-refractivity contribution is 0.174. The van der Waals surface area contributed by atoms with Gasteiger partial charge >= 0.3 is 0 Å². The minimum absolute atomic E-state index is 0.118. The monoisotopic (exact) mass is 392 g/mol. The van der Waals surface area contributed by atoms with E-state index in [-0.39, 0.29) is 11.7 Å². The molecule has 0 bridgehead atoms. The first kappa shape index (κ1) is 16.9. The predicted molar refractivity (Wildman–Crippen MR) is 97.4 cm³/mol. The maximum Gasteiger partial charge on any atom is 0.285 e. The third-order valence-corrected chi connectivity index (χ3v) is 6.49. The fraction of sp³-hybridized carbons (Fsp3) is 0.235. The summed E-state index contributed by atoms with van der Waals surface area (Å²) in [4.78, 5) is 0.523. The number of sulfonamides is 1. The highest BCUT2D eigenvalue weighted by molar-refractivity contribution is 7.90. The van der Waals surface area contributed by atoms with Crippen LogP contribution in [0.3, 0.4) is 0 Å². The smallest absolute Gasteiger partial charge is 0.285 e. The van der Waals surface area contributed by atoms with Crippen LogP contribution in [0, 0.1) is 0 Å². The first-order valence-corrected chi connectivity index (χ1v) is 10.2. The van der Waals surface area contributed by atoms with Crippen LogP contribution >= 0.6 is 11.3 Å². The van der Waals surface area contributed by atoms with E-state index in [1.807, 2.05) is 23.6 Å². The molecule has 0 spiro atoms. The molecular weight excluding hydrogens is 376 g/mol. The van der Waals surface area contributed by atoms with Crippen molar-refractivity contribution in [1.82, 2.24) is 4.57 Å². The van der Waals surface area contributed by atoms with E-state index in [1.54, 1.807) is 12.1 Å². The molecule has 0 saturated carbocycles.